The maximum atomic E-state index is 13.3. The minimum atomic E-state index is -3.90. The van der Waals surface area contributed by atoms with Crippen molar-refractivity contribution >= 4 is 27.6 Å². The van der Waals surface area contributed by atoms with Crippen molar-refractivity contribution < 1.29 is 41.7 Å². The van der Waals surface area contributed by atoms with Gasteiger partial charge in [-0.1, -0.05) is 0 Å². The molecule has 0 aromatic heterocycles. The summed E-state index contributed by atoms with van der Waals surface area (Å²) in [4.78, 5) is 25.5. The second-order valence-electron chi connectivity index (χ2n) is 7.95. The van der Waals surface area contributed by atoms with Crippen molar-refractivity contribution in [1.82, 2.24) is 4.31 Å². The normalized spacial score (nSPS) is 16.1. The van der Waals surface area contributed by atoms with Gasteiger partial charge >= 0.3 is 5.97 Å². The summed E-state index contributed by atoms with van der Waals surface area (Å²) in [5.74, 6) is -0.459. The smallest absolute Gasteiger partial charge is 0.340 e. The first-order chi connectivity index (χ1) is 17.2. The monoisotopic (exact) mass is 522 g/mol. The number of sulfonamides is 1. The minimum Gasteiger partial charge on any atom is -0.493 e. The van der Waals surface area contributed by atoms with E-state index in [1.54, 1.807) is 0 Å². The van der Waals surface area contributed by atoms with E-state index >= 15 is 0 Å². The molecule has 1 atom stereocenters. The van der Waals surface area contributed by atoms with Crippen LogP contribution in [0.15, 0.2) is 35.2 Å². The van der Waals surface area contributed by atoms with Crippen LogP contribution >= 0.6 is 0 Å². The third kappa shape index (κ3) is 5.49. The van der Waals surface area contributed by atoms with Gasteiger partial charge < -0.3 is 29.0 Å². The number of anilines is 1. The van der Waals surface area contributed by atoms with Gasteiger partial charge in [0.15, 0.2) is 23.0 Å². The van der Waals surface area contributed by atoms with E-state index < -0.39 is 27.8 Å². The highest BCUT2D eigenvalue weighted by molar-refractivity contribution is 7.89. The summed E-state index contributed by atoms with van der Waals surface area (Å²) in [7, 11) is 3.07. The lowest BCUT2D eigenvalue weighted by Gasteiger charge is -2.31. The summed E-state index contributed by atoms with van der Waals surface area (Å²) < 4.78 is 53.7. The van der Waals surface area contributed by atoms with Crippen molar-refractivity contribution in [2.24, 2.45) is 5.92 Å². The lowest BCUT2D eigenvalue weighted by atomic mass is 9.98. The van der Waals surface area contributed by atoms with Crippen LogP contribution in [0.4, 0.5) is 5.69 Å². The predicted molar refractivity (Wildman–Crippen MR) is 131 cm³/mol. The Morgan fingerprint density at radius 1 is 0.889 bits per heavy atom. The number of carbonyl (C=O) groups excluding carboxylic acids is 2. The first kappa shape index (κ1) is 27.1. The molecule has 1 heterocycles. The molecule has 2 aromatic carbocycles. The molecule has 0 radical (unpaired) electrons. The molecule has 12 heteroatoms. The Labute approximate surface area is 210 Å². The molecule has 1 N–H and O–H groups in total. The molecule has 0 bridgehead atoms. The number of esters is 1. The highest BCUT2D eigenvalue weighted by Gasteiger charge is 2.34. The Balaban J connectivity index is 1.84. The predicted octanol–water partition coefficient (Wildman–Crippen LogP) is 2.55. The minimum absolute atomic E-state index is 0.0244. The number of carbonyl (C=O) groups is 2. The molecule has 0 unspecified atom stereocenters. The first-order valence-corrected chi connectivity index (χ1v) is 12.5. The first-order valence-electron chi connectivity index (χ1n) is 11.1. The number of nitrogens with one attached hydrogen (secondary N) is 1. The molecule has 0 spiro atoms. The number of amides is 1. The highest BCUT2D eigenvalue weighted by Crippen LogP contribution is 2.35. The maximum absolute atomic E-state index is 13.3. The van der Waals surface area contributed by atoms with Crippen molar-refractivity contribution in [3.63, 3.8) is 0 Å². The fourth-order valence-electron chi connectivity index (χ4n) is 4.00. The SMILES string of the molecule is COC(=O)c1cc(OC)c(OC)cc1NC(=O)[C@H]1CCCN(S(=O)(=O)c2ccc(OC)c(OC)c2)C1. The molecule has 1 amide bonds. The average molecular weight is 523 g/mol. The van der Waals surface area contributed by atoms with E-state index in [9.17, 15) is 18.0 Å². The van der Waals surface area contributed by atoms with Gasteiger partial charge in [0.25, 0.3) is 0 Å². The van der Waals surface area contributed by atoms with E-state index in [0.29, 0.717) is 30.1 Å². The van der Waals surface area contributed by atoms with E-state index in [1.807, 2.05) is 0 Å². The largest absolute Gasteiger partial charge is 0.493 e. The molecule has 36 heavy (non-hydrogen) atoms. The van der Waals surface area contributed by atoms with Crippen LogP contribution < -0.4 is 24.3 Å². The van der Waals surface area contributed by atoms with Crippen molar-refractivity contribution in [3.8, 4) is 23.0 Å². The van der Waals surface area contributed by atoms with Crippen LogP contribution in [0.2, 0.25) is 0 Å². The summed E-state index contributed by atoms with van der Waals surface area (Å²) in [5.41, 5.74) is 0.249. The number of hydrogen-bond acceptors (Lipinski definition) is 9. The van der Waals surface area contributed by atoms with Gasteiger partial charge in [0.1, 0.15) is 0 Å². The standard InChI is InChI=1S/C24H30N2O9S/c1-31-19-9-8-16(11-20(19)32-2)36(29,30)26-10-6-7-15(14-26)23(27)25-18-13-22(34-4)21(33-3)12-17(18)24(28)35-5/h8-9,11-13,15H,6-7,10,14H2,1-5H3,(H,25,27)/t15-/m0/s1. The highest BCUT2D eigenvalue weighted by atomic mass is 32.2. The van der Waals surface area contributed by atoms with E-state index in [0.717, 1.165) is 0 Å². The molecular formula is C24H30N2O9S. The summed E-state index contributed by atoms with van der Waals surface area (Å²) in [5, 5.41) is 2.73. The molecule has 1 aliphatic heterocycles. The number of methoxy groups -OCH3 is 5. The van der Waals surface area contributed by atoms with E-state index in [1.165, 1.54) is 70.2 Å². The van der Waals surface area contributed by atoms with E-state index in [4.69, 9.17) is 23.7 Å². The Bertz CT molecular complexity index is 1230. The third-order valence-electron chi connectivity index (χ3n) is 5.93. The molecule has 1 fully saturated rings. The topological polar surface area (TPSA) is 130 Å². The summed E-state index contributed by atoms with van der Waals surface area (Å²) in [6.07, 6.45) is 0.963. The van der Waals surface area contributed by atoms with Gasteiger partial charge in [-0.3, -0.25) is 4.79 Å². The van der Waals surface area contributed by atoms with Gasteiger partial charge in [-0.15, -0.1) is 0 Å². The van der Waals surface area contributed by atoms with E-state index in [2.05, 4.69) is 5.32 Å². The Morgan fingerprint density at radius 2 is 1.50 bits per heavy atom. The van der Waals surface area contributed by atoms with Crippen LogP contribution in [0, 0.1) is 5.92 Å². The number of benzene rings is 2. The number of hydrogen-bond donors (Lipinski definition) is 1. The molecule has 0 aliphatic carbocycles. The van der Waals surface area contributed by atoms with Crippen LogP contribution in [0.25, 0.3) is 0 Å². The fraction of sp³-hybridized carbons (Fsp3) is 0.417. The number of piperidine rings is 1. The Kier molecular flexibility index (Phi) is 8.64. The molecule has 1 aliphatic rings. The van der Waals surface area contributed by atoms with Crippen LogP contribution in [0.5, 0.6) is 23.0 Å². The maximum Gasteiger partial charge on any atom is 0.340 e. The molecule has 3 rings (SSSR count). The van der Waals surface area contributed by atoms with Crippen LogP contribution in [0.1, 0.15) is 23.2 Å². The van der Waals surface area contributed by atoms with Crippen LogP contribution in [-0.2, 0) is 19.6 Å². The van der Waals surface area contributed by atoms with Crippen molar-refractivity contribution in [2.45, 2.75) is 17.7 Å². The summed E-state index contributed by atoms with van der Waals surface area (Å²) in [6.45, 7) is 0.244. The molecule has 0 saturated carbocycles. The Morgan fingerprint density at radius 3 is 2.11 bits per heavy atom. The lowest BCUT2D eigenvalue weighted by Crippen LogP contribution is -2.43. The second-order valence-corrected chi connectivity index (χ2v) is 9.89. The summed E-state index contributed by atoms with van der Waals surface area (Å²) in [6, 6.07) is 7.22. The molecule has 1 saturated heterocycles. The van der Waals surface area contributed by atoms with Gasteiger partial charge in [0.2, 0.25) is 15.9 Å². The van der Waals surface area contributed by atoms with Gasteiger partial charge in [-0.25, -0.2) is 13.2 Å². The zero-order valence-electron chi connectivity index (χ0n) is 20.8. The molecule has 2 aromatic rings. The van der Waals surface area contributed by atoms with Crippen molar-refractivity contribution in [2.75, 3.05) is 54.0 Å². The van der Waals surface area contributed by atoms with E-state index in [-0.39, 0.29) is 35.0 Å². The van der Waals surface area contributed by atoms with Gasteiger partial charge in [0, 0.05) is 31.3 Å². The lowest BCUT2D eigenvalue weighted by molar-refractivity contribution is -0.120. The van der Waals surface area contributed by atoms with Crippen LogP contribution in [0.3, 0.4) is 0 Å². The van der Waals surface area contributed by atoms with Gasteiger partial charge in [-0.2, -0.15) is 4.31 Å². The van der Waals surface area contributed by atoms with Gasteiger partial charge in [0.05, 0.1) is 57.6 Å². The fourth-order valence-corrected chi connectivity index (χ4v) is 5.54. The zero-order chi connectivity index (χ0) is 26.5. The summed E-state index contributed by atoms with van der Waals surface area (Å²) >= 11 is 0. The van der Waals surface area contributed by atoms with Crippen molar-refractivity contribution in [3.05, 3.63) is 35.9 Å². The molecule has 11 nitrogen and oxygen atoms in total. The molecule has 196 valence electrons. The zero-order valence-corrected chi connectivity index (χ0v) is 21.6. The average Bonchev–Trinajstić information content (AvgIpc) is 2.91. The van der Waals surface area contributed by atoms with Crippen LogP contribution in [-0.4, -0.2) is 73.2 Å². The second kappa shape index (κ2) is 11.5. The van der Waals surface area contributed by atoms with Crippen molar-refractivity contribution in [1.29, 1.82) is 0 Å². The number of nitrogens with zero attached hydrogens (tertiary/aromatic N) is 1. The van der Waals surface area contributed by atoms with Gasteiger partial charge in [-0.05, 0) is 25.0 Å². The quantitative estimate of drug-likeness (QED) is 0.494. The number of rotatable bonds is 9. The molecular weight excluding hydrogens is 492 g/mol. The Hall–Kier alpha value is -3.51. The third-order valence-corrected chi connectivity index (χ3v) is 7.80. The number of ether oxygens (including phenoxy) is 5.